The SMILES string of the molecule is CN1CCN([C@@H](CNC(=S)NCCc2ccccc2)c2cccs2)CC1. The number of nitrogens with zero attached hydrogens (tertiary/aromatic N) is 2. The summed E-state index contributed by atoms with van der Waals surface area (Å²) in [5.41, 5.74) is 1.33. The highest BCUT2D eigenvalue weighted by atomic mass is 32.1. The summed E-state index contributed by atoms with van der Waals surface area (Å²) in [5.74, 6) is 0. The van der Waals surface area contributed by atoms with Gasteiger partial charge in [-0.2, -0.15) is 0 Å². The second-order valence-corrected chi connectivity index (χ2v) is 8.13. The van der Waals surface area contributed by atoms with Crippen LogP contribution in [-0.2, 0) is 6.42 Å². The van der Waals surface area contributed by atoms with Gasteiger partial charge in [0.1, 0.15) is 0 Å². The van der Waals surface area contributed by atoms with Gasteiger partial charge in [0.25, 0.3) is 0 Å². The molecular formula is C20H28N4S2. The number of likely N-dealkylation sites (N-methyl/N-ethyl adjacent to an activating group) is 1. The second-order valence-electron chi connectivity index (χ2n) is 6.74. The van der Waals surface area contributed by atoms with E-state index in [4.69, 9.17) is 12.2 Å². The maximum absolute atomic E-state index is 5.49. The highest BCUT2D eigenvalue weighted by molar-refractivity contribution is 7.80. The molecule has 0 unspecified atom stereocenters. The summed E-state index contributed by atoms with van der Waals surface area (Å²) < 4.78 is 0. The van der Waals surface area contributed by atoms with Crippen LogP contribution in [-0.4, -0.2) is 61.2 Å². The lowest BCUT2D eigenvalue weighted by molar-refractivity contribution is 0.114. The van der Waals surface area contributed by atoms with Gasteiger partial charge >= 0.3 is 0 Å². The van der Waals surface area contributed by atoms with Gasteiger partial charge < -0.3 is 15.5 Å². The molecule has 0 bridgehead atoms. The van der Waals surface area contributed by atoms with Crippen LogP contribution < -0.4 is 10.6 Å². The first-order valence-electron chi connectivity index (χ1n) is 9.24. The summed E-state index contributed by atoms with van der Waals surface area (Å²) in [6.45, 7) is 6.17. The van der Waals surface area contributed by atoms with E-state index in [1.807, 2.05) is 17.4 Å². The van der Waals surface area contributed by atoms with Gasteiger partial charge in [-0.25, -0.2) is 0 Å². The van der Waals surface area contributed by atoms with Crippen molar-refractivity contribution in [2.75, 3.05) is 46.3 Å². The fourth-order valence-corrected chi connectivity index (χ4v) is 4.29. The largest absolute Gasteiger partial charge is 0.362 e. The fourth-order valence-electron chi connectivity index (χ4n) is 3.24. The van der Waals surface area contributed by atoms with E-state index >= 15 is 0 Å². The van der Waals surface area contributed by atoms with E-state index in [-0.39, 0.29) is 0 Å². The molecule has 0 aliphatic carbocycles. The molecule has 1 aromatic carbocycles. The first kappa shape index (κ1) is 19.3. The Balaban J connectivity index is 1.47. The number of piperazine rings is 1. The Labute approximate surface area is 166 Å². The van der Waals surface area contributed by atoms with Crippen LogP contribution >= 0.6 is 23.6 Å². The lowest BCUT2D eigenvalue weighted by Gasteiger charge is -2.37. The molecule has 4 nitrogen and oxygen atoms in total. The molecule has 1 fully saturated rings. The molecule has 2 N–H and O–H groups in total. The van der Waals surface area contributed by atoms with Crippen molar-refractivity contribution in [2.24, 2.45) is 0 Å². The zero-order valence-corrected chi connectivity index (χ0v) is 17.0. The van der Waals surface area contributed by atoms with Crippen molar-refractivity contribution in [3.8, 4) is 0 Å². The maximum atomic E-state index is 5.49. The molecule has 140 valence electrons. The molecule has 26 heavy (non-hydrogen) atoms. The standard InChI is InChI=1S/C20H28N4S2/c1-23-11-13-24(14-12-23)18(19-8-5-15-26-19)16-22-20(25)21-10-9-17-6-3-2-4-7-17/h2-8,15,18H,9-14,16H2,1H3,(H2,21,22,25)/t18-/m0/s1. The minimum absolute atomic E-state index is 0.387. The van der Waals surface area contributed by atoms with Gasteiger partial charge in [0.2, 0.25) is 0 Å². The Kier molecular flexibility index (Phi) is 7.43. The monoisotopic (exact) mass is 388 g/mol. The summed E-state index contributed by atoms with van der Waals surface area (Å²) in [5, 5.41) is 9.68. The van der Waals surface area contributed by atoms with Crippen LogP contribution in [0.2, 0.25) is 0 Å². The summed E-state index contributed by atoms with van der Waals surface area (Å²) in [6.07, 6.45) is 0.982. The smallest absolute Gasteiger partial charge is 0.166 e. The molecule has 0 spiro atoms. The van der Waals surface area contributed by atoms with Crippen LogP contribution in [0.25, 0.3) is 0 Å². The Hall–Kier alpha value is -1.47. The van der Waals surface area contributed by atoms with Crippen molar-refractivity contribution < 1.29 is 0 Å². The fraction of sp³-hybridized carbons (Fsp3) is 0.450. The van der Waals surface area contributed by atoms with E-state index in [0.717, 1.165) is 50.8 Å². The van der Waals surface area contributed by atoms with E-state index < -0.39 is 0 Å². The van der Waals surface area contributed by atoms with Gasteiger partial charge in [-0.1, -0.05) is 36.4 Å². The van der Waals surface area contributed by atoms with E-state index in [9.17, 15) is 0 Å². The summed E-state index contributed by atoms with van der Waals surface area (Å²) in [6, 6.07) is 15.3. The summed E-state index contributed by atoms with van der Waals surface area (Å²) in [4.78, 5) is 6.38. The molecule has 6 heteroatoms. The lowest BCUT2D eigenvalue weighted by Crippen LogP contribution is -2.49. The molecular weight excluding hydrogens is 360 g/mol. The topological polar surface area (TPSA) is 30.5 Å². The molecule has 0 amide bonds. The van der Waals surface area contributed by atoms with Gasteiger partial charge in [0.05, 0.1) is 6.04 Å². The number of hydrogen-bond donors (Lipinski definition) is 2. The third kappa shape index (κ3) is 5.77. The summed E-state index contributed by atoms with van der Waals surface area (Å²) >= 11 is 7.33. The molecule has 3 rings (SSSR count). The molecule has 1 aliphatic rings. The number of nitrogens with one attached hydrogen (secondary N) is 2. The molecule has 1 saturated heterocycles. The Morgan fingerprint density at radius 3 is 2.54 bits per heavy atom. The highest BCUT2D eigenvalue weighted by Gasteiger charge is 2.24. The van der Waals surface area contributed by atoms with Crippen LogP contribution in [0.15, 0.2) is 47.8 Å². The zero-order chi connectivity index (χ0) is 18.2. The number of thiocarbonyl (C=S) groups is 1. The van der Waals surface area contributed by atoms with Gasteiger partial charge in [-0.3, -0.25) is 4.90 Å². The number of hydrogen-bond acceptors (Lipinski definition) is 4. The van der Waals surface area contributed by atoms with Gasteiger partial charge in [-0.15, -0.1) is 11.3 Å². The molecule has 1 aromatic heterocycles. The summed E-state index contributed by atoms with van der Waals surface area (Å²) in [7, 11) is 2.20. The third-order valence-corrected chi connectivity index (χ3v) is 6.11. The predicted molar refractivity (Wildman–Crippen MR) is 115 cm³/mol. The predicted octanol–water partition coefficient (Wildman–Crippen LogP) is 2.74. The van der Waals surface area contributed by atoms with Crippen molar-refractivity contribution in [1.29, 1.82) is 0 Å². The molecule has 0 saturated carbocycles. The van der Waals surface area contributed by atoms with Crippen molar-refractivity contribution in [3.05, 3.63) is 58.3 Å². The highest BCUT2D eigenvalue weighted by Crippen LogP contribution is 2.25. The van der Waals surface area contributed by atoms with Gasteiger partial charge in [-0.05, 0) is 42.7 Å². The van der Waals surface area contributed by atoms with Gasteiger partial charge in [0, 0.05) is 44.1 Å². The molecule has 2 aromatic rings. The first-order valence-corrected chi connectivity index (χ1v) is 10.5. The first-order chi connectivity index (χ1) is 12.7. The van der Waals surface area contributed by atoms with E-state index in [1.54, 1.807) is 0 Å². The average molecular weight is 389 g/mol. The minimum atomic E-state index is 0.387. The number of rotatable bonds is 7. The lowest BCUT2D eigenvalue weighted by atomic mass is 10.1. The zero-order valence-electron chi connectivity index (χ0n) is 15.4. The molecule has 0 radical (unpaired) electrons. The van der Waals surface area contributed by atoms with Crippen LogP contribution in [0.5, 0.6) is 0 Å². The molecule has 1 aliphatic heterocycles. The molecule has 1 atom stereocenters. The molecule has 2 heterocycles. The van der Waals surface area contributed by atoms with Crippen LogP contribution in [0.3, 0.4) is 0 Å². The van der Waals surface area contributed by atoms with Crippen molar-refractivity contribution in [2.45, 2.75) is 12.5 Å². The Morgan fingerprint density at radius 1 is 1.08 bits per heavy atom. The van der Waals surface area contributed by atoms with Crippen molar-refractivity contribution in [3.63, 3.8) is 0 Å². The normalized spacial score (nSPS) is 17.0. The van der Waals surface area contributed by atoms with E-state index in [0.29, 0.717) is 6.04 Å². The quantitative estimate of drug-likeness (QED) is 0.712. The van der Waals surface area contributed by atoms with E-state index in [2.05, 4.69) is 69.3 Å². The van der Waals surface area contributed by atoms with Crippen molar-refractivity contribution >= 4 is 28.7 Å². The third-order valence-electron chi connectivity index (χ3n) is 4.85. The van der Waals surface area contributed by atoms with Crippen LogP contribution in [0, 0.1) is 0 Å². The van der Waals surface area contributed by atoms with E-state index in [1.165, 1.54) is 10.4 Å². The Bertz CT molecular complexity index is 652. The van der Waals surface area contributed by atoms with Crippen molar-refractivity contribution in [1.82, 2.24) is 20.4 Å². The number of benzene rings is 1. The van der Waals surface area contributed by atoms with Crippen LogP contribution in [0.1, 0.15) is 16.5 Å². The second kappa shape index (κ2) is 10.0. The maximum Gasteiger partial charge on any atom is 0.166 e. The average Bonchev–Trinajstić information content (AvgIpc) is 3.19. The minimum Gasteiger partial charge on any atom is -0.362 e. The number of thiophene rings is 1. The van der Waals surface area contributed by atoms with Gasteiger partial charge in [0.15, 0.2) is 5.11 Å². The van der Waals surface area contributed by atoms with Crippen LogP contribution in [0.4, 0.5) is 0 Å². The Morgan fingerprint density at radius 2 is 1.85 bits per heavy atom.